The number of nitrogens with zero attached hydrogens (tertiary/aromatic N) is 3. The molecular weight excluding hydrogens is 433 g/mol. The topological polar surface area (TPSA) is 90.3 Å². The third-order valence-corrected chi connectivity index (χ3v) is 5.79. The monoisotopic (exact) mass is 457 g/mol. The van der Waals surface area contributed by atoms with Crippen molar-refractivity contribution in [2.45, 2.75) is 30.6 Å². The lowest BCUT2D eigenvalue weighted by Crippen LogP contribution is -2.27. The number of rotatable bonds is 10. The van der Waals surface area contributed by atoms with Crippen LogP contribution < -0.4 is 20.1 Å². The summed E-state index contributed by atoms with van der Waals surface area (Å²) in [5.41, 5.74) is 1.49. The number of ether oxygens (including phenoxy) is 2. The smallest absolute Gasteiger partial charge is 0.230 e. The highest BCUT2D eigenvalue weighted by Crippen LogP contribution is 2.29. The summed E-state index contributed by atoms with van der Waals surface area (Å²) in [6, 6.07) is 11.9. The van der Waals surface area contributed by atoms with E-state index in [-0.39, 0.29) is 17.5 Å². The summed E-state index contributed by atoms with van der Waals surface area (Å²) in [5, 5.41) is 15.4. The van der Waals surface area contributed by atoms with Crippen molar-refractivity contribution < 1.29 is 18.7 Å². The molecule has 1 aliphatic rings. The van der Waals surface area contributed by atoms with E-state index in [9.17, 15) is 9.18 Å². The molecule has 3 aromatic rings. The van der Waals surface area contributed by atoms with Gasteiger partial charge in [0.05, 0.1) is 32.2 Å². The Labute approximate surface area is 189 Å². The molecule has 1 amide bonds. The molecule has 0 aliphatic heterocycles. The lowest BCUT2D eigenvalue weighted by atomic mass is 10.2. The second-order valence-corrected chi connectivity index (χ2v) is 8.24. The highest BCUT2D eigenvalue weighted by molar-refractivity contribution is 7.99. The van der Waals surface area contributed by atoms with Crippen molar-refractivity contribution in [1.29, 1.82) is 0 Å². The maximum Gasteiger partial charge on any atom is 0.230 e. The number of hydrogen-bond donors (Lipinski definition) is 2. The summed E-state index contributed by atoms with van der Waals surface area (Å²) in [6.07, 6.45) is 2.07. The summed E-state index contributed by atoms with van der Waals surface area (Å²) < 4.78 is 25.9. The van der Waals surface area contributed by atoms with Gasteiger partial charge in [-0.1, -0.05) is 11.8 Å². The normalized spacial score (nSPS) is 13.0. The van der Waals surface area contributed by atoms with E-state index in [1.54, 1.807) is 32.4 Å². The maximum absolute atomic E-state index is 13.2. The van der Waals surface area contributed by atoms with Crippen LogP contribution in [-0.2, 0) is 11.3 Å². The first-order valence-electron chi connectivity index (χ1n) is 10.1. The number of carbonyl (C=O) groups excluding carboxylic acids is 1. The van der Waals surface area contributed by atoms with Crippen LogP contribution in [0.2, 0.25) is 0 Å². The molecule has 2 N–H and O–H groups in total. The Morgan fingerprint density at radius 1 is 1.12 bits per heavy atom. The summed E-state index contributed by atoms with van der Waals surface area (Å²) >= 11 is 1.31. The van der Waals surface area contributed by atoms with Crippen molar-refractivity contribution in [3.63, 3.8) is 0 Å². The second kappa shape index (κ2) is 9.90. The van der Waals surface area contributed by atoms with Crippen LogP contribution in [0.3, 0.4) is 0 Å². The van der Waals surface area contributed by atoms with Crippen LogP contribution in [0.25, 0.3) is 5.69 Å². The first kappa shape index (κ1) is 21.9. The van der Waals surface area contributed by atoms with E-state index in [0.29, 0.717) is 35.1 Å². The van der Waals surface area contributed by atoms with Crippen molar-refractivity contribution in [1.82, 2.24) is 20.1 Å². The van der Waals surface area contributed by atoms with Crippen molar-refractivity contribution in [3.8, 4) is 17.2 Å². The molecule has 1 heterocycles. The van der Waals surface area contributed by atoms with Crippen molar-refractivity contribution in [2.24, 2.45) is 0 Å². The summed E-state index contributed by atoms with van der Waals surface area (Å²) in [4.78, 5) is 12.2. The SMILES string of the molecule is COc1cc(OC)cc(-n2c(CNc3ccc(F)cc3)nnc2SCC(=O)NC2CC2)c1. The lowest BCUT2D eigenvalue weighted by molar-refractivity contribution is -0.118. The third-order valence-electron chi connectivity index (χ3n) is 4.86. The van der Waals surface area contributed by atoms with Crippen molar-refractivity contribution in [3.05, 3.63) is 54.1 Å². The Morgan fingerprint density at radius 3 is 2.44 bits per heavy atom. The molecule has 1 fully saturated rings. The fourth-order valence-electron chi connectivity index (χ4n) is 3.07. The molecule has 1 saturated carbocycles. The van der Waals surface area contributed by atoms with Gasteiger partial charge in [0.1, 0.15) is 17.3 Å². The molecule has 1 aliphatic carbocycles. The van der Waals surface area contributed by atoms with Gasteiger partial charge in [-0.25, -0.2) is 4.39 Å². The predicted octanol–water partition coefficient (Wildman–Crippen LogP) is 3.41. The molecule has 2 aromatic carbocycles. The quantitative estimate of drug-likeness (QED) is 0.451. The van der Waals surface area contributed by atoms with E-state index >= 15 is 0 Å². The van der Waals surface area contributed by atoms with E-state index in [0.717, 1.165) is 24.2 Å². The standard InChI is InChI=1S/C22H24FN5O3S/c1-30-18-9-17(10-19(11-18)31-2)28-20(12-24-15-5-3-14(23)4-6-15)26-27-22(28)32-13-21(29)25-16-7-8-16/h3-6,9-11,16,24H,7-8,12-13H2,1-2H3,(H,25,29). The van der Waals surface area contributed by atoms with Crippen LogP contribution in [0.1, 0.15) is 18.7 Å². The zero-order chi connectivity index (χ0) is 22.5. The molecule has 4 rings (SSSR count). The average molecular weight is 458 g/mol. The van der Waals surface area contributed by atoms with Crippen LogP contribution >= 0.6 is 11.8 Å². The minimum Gasteiger partial charge on any atom is -0.497 e. The number of thioether (sulfide) groups is 1. The molecule has 10 heteroatoms. The number of benzene rings is 2. The molecule has 0 spiro atoms. The van der Waals surface area contributed by atoms with Gasteiger partial charge >= 0.3 is 0 Å². The average Bonchev–Trinajstić information content (AvgIpc) is 3.53. The minimum absolute atomic E-state index is 0.0266. The van der Waals surface area contributed by atoms with E-state index in [2.05, 4.69) is 20.8 Å². The minimum atomic E-state index is -0.301. The highest BCUT2D eigenvalue weighted by Gasteiger charge is 2.24. The fraction of sp³-hybridized carbons (Fsp3) is 0.318. The number of amides is 1. The van der Waals surface area contributed by atoms with Crippen LogP contribution in [0.15, 0.2) is 47.6 Å². The fourth-order valence-corrected chi connectivity index (χ4v) is 3.85. The Bertz CT molecular complexity index is 1060. The molecule has 0 bridgehead atoms. The molecular formula is C22H24FN5O3S. The van der Waals surface area contributed by atoms with Crippen molar-refractivity contribution in [2.75, 3.05) is 25.3 Å². The number of halogens is 1. The van der Waals surface area contributed by atoms with Crippen LogP contribution in [0.5, 0.6) is 11.5 Å². The number of aromatic nitrogens is 3. The van der Waals surface area contributed by atoms with Gasteiger partial charge in [-0.15, -0.1) is 10.2 Å². The Hall–Kier alpha value is -3.27. The van der Waals surface area contributed by atoms with Gasteiger partial charge in [0.15, 0.2) is 11.0 Å². The van der Waals surface area contributed by atoms with E-state index < -0.39 is 0 Å². The van der Waals surface area contributed by atoms with Crippen molar-refractivity contribution >= 4 is 23.4 Å². The zero-order valence-corrected chi connectivity index (χ0v) is 18.6. The van der Waals surface area contributed by atoms with Crippen LogP contribution in [-0.4, -0.2) is 46.7 Å². The van der Waals surface area contributed by atoms with E-state index in [1.807, 2.05) is 16.7 Å². The highest BCUT2D eigenvalue weighted by atomic mass is 32.2. The second-order valence-electron chi connectivity index (χ2n) is 7.30. The summed E-state index contributed by atoms with van der Waals surface area (Å²) in [7, 11) is 3.17. The summed E-state index contributed by atoms with van der Waals surface area (Å²) in [5.74, 6) is 1.77. The third kappa shape index (κ3) is 5.50. The molecule has 0 radical (unpaired) electrons. The summed E-state index contributed by atoms with van der Waals surface area (Å²) in [6.45, 7) is 0.340. The van der Waals surface area contributed by atoms with Crippen LogP contribution in [0.4, 0.5) is 10.1 Å². The number of nitrogens with one attached hydrogen (secondary N) is 2. The predicted molar refractivity (Wildman–Crippen MR) is 120 cm³/mol. The van der Waals surface area contributed by atoms with Gasteiger partial charge in [-0.05, 0) is 37.1 Å². The van der Waals surface area contributed by atoms with Crippen LogP contribution in [0, 0.1) is 5.82 Å². The Balaban J connectivity index is 1.61. The Morgan fingerprint density at radius 2 is 1.81 bits per heavy atom. The largest absolute Gasteiger partial charge is 0.497 e. The molecule has 1 aromatic heterocycles. The first-order chi connectivity index (χ1) is 15.6. The molecule has 0 atom stereocenters. The molecule has 8 nitrogen and oxygen atoms in total. The van der Waals surface area contributed by atoms with Gasteiger partial charge in [0.25, 0.3) is 0 Å². The van der Waals surface area contributed by atoms with E-state index in [4.69, 9.17) is 9.47 Å². The number of anilines is 1. The van der Waals surface area contributed by atoms with Gasteiger partial charge < -0.3 is 20.1 Å². The molecule has 32 heavy (non-hydrogen) atoms. The number of hydrogen-bond acceptors (Lipinski definition) is 7. The van der Waals surface area contributed by atoms with Gasteiger partial charge in [0, 0.05) is 29.9 Å². The Kier molecular flexibility index (Phi) is 6.79. The number of methoxy groups -OCH3 is 2. The van der Waals surface area contributed by atoms with Gasteiger partial charge in [0.2, 0.25) is 5.91 Å². The molecule has 0 saturated heterocycles. The van der Waals surface area contributed by atoms with Gasteiger partial charge in [-0.3, -0.25) is 9.36 Å². The zero-order valence-electron chi connectivity index (χ0n) is 17.8. The number of carbonyl (C=O) groups is 1. The molecule has 0 unspecified atom stereocenters. The maximum atomic E-state index is 13.2. The lowest BCUT2D eigenvalue weighted by Gasteiger charge is -2.14. The first-order valence-corrected chi connectivity index (χ1v) is 11.1. The van der Waals surface area contributed by atoms with Gasteiger partial charge in [-0.2, -0.15) is 0 Å². The molecule has 168 valence electrons. The van der Waals surface area contributed by atoms with E-state index in [1.165, 1.54) is 23.9 Å².